The second-order valence-electron chi connectivity index (χ2n) is 7.47. The lowest BCUT2D eigenvalue weighted by Gasteiger charge is -2.28. The van der Waals surface area contributed by atoms with Crippen molar-refractivity contribution in [1.29, 1.82) is 5.26 Å². The number of piperazine rings is 1. The van der Waals surface area contributed by atoms with Gasteiger partial charge in [0.15, 0.2) is 11.2 Å². The van der Waals surface area contributed by atoms with Crippen molar-refractivity contribution in [1.82, 2.24) is 24.0 Å². The van der Waals surface area contributed by atoms with Crippen LogP contribution >= 0.6 is 0 Å². The predicted octanol–water partition coefficient (Wildman–Crippen LogP) is 0.636. The Morgan fingerprint density at radius 3 is 2.60 bits per heavy atom. The van der Waals surface area contributed by atoms with Crippen molar-refractivity contribution in [2.24, 2.45) is 7.05 Å². The summed E-state index contributed by atoms with van der Waals surface area (Å²) in [5.74, 6) is 0.653. The van der Waals surface area contributed by atoms with Crippen LogP contribution in [0.3, 0.4) is 0 Å². The summed E-state index contributed by atoms with van der Waals surface area (Å²) in [6.07, 6.45) is 0.677. The molecule has 3 aromatic rings. The molecule has 1 N–H and O–H groups in total. The monoisotopic (exact) mass is 407 g/mol. The molecular formula is C21H25N7O2. The zero-order valence-corrected chi connectivity index (χ0v) is 17.3. The molecule has 4 rings (SSSR count). The van der Waals surface area contributed by atoms with Crippen molar-refractivity contribution >= 4 is 17.1 Å². The molecule has 9 heteroatoms. The van der Waals surface area contributed by atoms with Crippen molar-refractivity contribution in [2.75, 3.05) is 31.1 Å². The quantitative estimate of drug-likeness (QED) is 0.666. The number of nitriles is 1. The molecule has 1 aromatic carbocycles. The highest BCUT2D eigenvalue weighted by molar-refractivity contribution is 5.75. The number of aromatic nitrogens is 4. The first kappa shape index (κ1) is 19.9. The molecule has 0 aliphatic carbocycles. The third kappa shape index (κ3) is 3.29. The van der Waals surface area contributed by atoms with Crippen LogP contribution in [0.25, 0.3) is 11.2 Å². The Morgan fingerprint density at radius 2 is 1.90 bits per heavy atom. The molecule has 1 saturated heterocycles. The fourth-order valence-electron chi connectivity index (χ4n) is 3.97. The number of fused-ring (bicyclic) bond motifs is 1. The Balaban J connectivity index is 2.00. The Bertz CT molecular complexity index is 1240. The molecule has 30 heavy (non-hydrogen) atoms. The van der Waals surface area contributed by atoms with Crippen LogP contribution in [0.1, 0.15) is 24.5 Å². The van der Waals surface area contributed by atoms with Crippen LogP contribution in [0.5, 0.6) is 0 Å². The van der Waals surface area contributed by atoms with E-state index in [0.717, 1.165) is 31.7 Å². The van der Waals surface area contributed by atoms with Crippen LogP contribution in [-0.2, 0) is 20.1 Å². The van der Waals surface area contributed by atoms with E-state index in [4.69, 9.17) is 4.98 Å². The third-order valence-corrected chi connectivity index (χ3v) is 5.53. The van der Waals surface area contributed by atoms with Crippen molar-refractivity contribution in [2.45, 2.75) is 26.4 Å². The van der Waals surface area contributed by atoms with Crippen LogP contribution < -0.4 is 21.5 Å². The lowest BCUT2D eigenvalue weighted by Crippen LogP contribution is -2.44. The van der Waals surface area contributed by atoms with Crippen LogP contribution in [0.15, 0.2) is 33.9 Å². The van der Waals surface area contributed by atoms with Gasteiger partial charge in [0, 0.05) is 39.8 Å². The van der Waals surface area contributed by atoms with Crippen molar-refractivity contribution < 1.29 is 0 Å². The van der Waals surface area contributed by atoms with Gasteiger partial charge in [-0.3, -0.25) is 18.5 Å². The van der Waals surface area contributed by atoms with E-state index < -0.39 is 0 Å². The molecule has 1 fully saturated rings. The Labute approximate surface area is 173 Å². The fraction of sp³-hybridized carbons (Fsp3) is 0.429. The lowest BCUT2D eigenvalue weighted by atomic mass is 10.1. The van der Waals surface area contributed by atoms with Crippen LogP contribution in [0.2, 0.25) is 0 Å². The molecule has 0 amide bonds. The first-order valence-electron chi connectivity index (χ1n) is 10.2. The fourth-order valence-corrected chi connectivity index (χ4v) is 3.97. The maximum Gasteiger partial charge on any atom is 0.332 e. The van der Waals surface area contributed by atoms with Gasteiger partial charge in [0.25, 0.3) is 5.56 Å². The average molecular weight is 407 g/mol. The van der Waals surface area contributed by atoms with Gasteiger partial charge in [0.2, 0.25) is 5.95 Å². The van der Waals surface area contributed by atoms with E-state index in [2.05, 4.69) is 16.3 Å². The van der Waals surface area contributed by atoms with Crippen molar-refractivity contribution in [3.63, 3.8) is 0 Å². The van der Waals surface area contributed by atoms with E-state index in [9.17, 15) is 14.9 Å². The van der Waals surface area contributed by atoms with Gasteiger partial charge in [-0.1, -0.05) is 25.1 Å². The SMILES string of the molecule is CCCn1c(=O)c2c(nc(N3CCNCC3)n2Cc2ccccc2C#N)n(C)c1=O. The summed E-state index contributed by atoms with van der Waals surface area (Å²) in [6, 6.07) is 9.58. The first-order chi connectivity index (χ1) is 14.6. The van der Waals surface area contributed by atoms with Gasteiger partial charge >= 0.3 is 5.69 Å². The Morgan fingerprint density at radius 1 is 1.17 bits per heavy atom. The minimum absolute atomic E-state index is 0.332. The number of rotatable bonds is 5. The number of benzene rings is 1. The number of imidazole rings is 1. The minimum Gasteiger partial charge on any atom is -0.340 e. The van der Waals surface area contributed by atoms with Gasteiger partial charge in [-0.15, -0.1) is 0 Å². The lowest BCUT2D eigenvalue weighted by molar-refractivity contribution is 0.571. The van der Waals surface area contributed by atoms with E-state index in [-0.39, 0.29) is 11.2 Å². The second-order valence-corrected chi connectivity index (χ2v) is 7.47. The number of hydrogen-bond donors (Lipinski definition) is 1. The maximum absolute atomic E-state index is 13.3. The summed E-state index contributed by atoms with van der Waals surface area (Å²) in [5.41, 5.74) is 1.45. The summed E-state index contributed by atoms with van der Waals surface area (Å²) in [5, 5.41) is 12.8. The molecule has 0 saturated carbocycles. The highest BCUT2D eigenvalue weighted by atomic mass is 16.2. The molecule has 0 spiro atoms. The summed E-state index contributed by atoms with van der Waals surface area (Å²) < 4.78 is 4.59. The van der Waals surface area contributed by atoms with Crippen LogP contribution in [-0.4, -0.2) is 44.9 Å². The summed E-state index contributed by atoms with van der Waals surface area (Å²) in [7, 11) is 1.65. The van der Waals surface area contributed by atoms with Gasteiger partial charge in [-0.05, 0) is 18.1 Å². The Hall–Kier alpha value is -3.38. The average Bonchev–Trinajstić information content (AvgIpc) is 3.15. The number of anilines is 1. The number of nitrogens with zero attached hydrogens (tertiary/aromatic N) is 6. The molecular weight excluding hydrogens is 382 g/mol. The molecule has 1 aliphatic heterocycles. The van der Waals surface area contributed by atoms with Gasteiger partial charge in [0.05, 0.1) is 18.2 Å². The van der Waals surface area contributed by atoms with E-state index in [0.29, 0.717) is 42.2 Å². The predicted molar refractivity (Wildman–Crippen MR) is 115 cm³/mol. The van der Waals surface area contributed by atoms with Crippen molar-refractivity contribution in [3.05, 3.63) is 56.2 Å². The largest absolute Gasteiger partial charge is 0.340 e. The van der Waals surface area contributed by atoms with Crippen LogP contribution in [0.4, 0.5) is 5.95 Å². The smallest absolute Gasteiger partial charge is 0.332 e. The zero-order chi connectivity index (χ0) is 21.3. The van der Waals surface area contributed by atoms with Gasteiger partial charge in [0.1, 0.15) is 0 Å². The molecule has 0 unspecified atom stereocenters. The minimum atomic E-state index is -0.358. The van der Waals surface area contributed by atoms with Crippen LogP contribution in [0, 0.1) is 11.3 Å². The van der Waals surface area contributed by atoms with E-state index in [1.54, 1.807) is 13.1 Å². The standard InChI is InChI=1S/C21H25N7O2/c1-3-10-27-19(29)17-18(25(2)21(27)30)24-20(26-11-8-23-9-12-26)28(17)14-16-7-5-4-6-15(16)13-22/h4-7,23H,3,8-12,14H2,1-2H3. The van der Waals surface area contributed by atoms with E-state index in [1.807, 2.05) is 29.7 Å². The highest BCUT2D eigenvalue weighted by Crippen LogP contribution is 2.23. The number of nitrogens with one attached hydrogen (secondary N) is 1. The molecule has 156 valence electrons. The summed E-state index contributed by atoms with van der Waals surface area (Å²) in [6.45, 7) is 5.75. The molecule has 1 aliphatic rings. The number of hydrogen-bond acceptors (Lipinski definition) is 6. The Kier molecular flexibility index (Phi) is 5.42. The molecule has 0 bridgehead atoms. The molecule has 0 atom stereocenters. The molecule has 0 radical (unpaired) electrons. The van der Waals surface area contributed by atoms with E-state index >= 15 is 0 Å². The summed E-state index contributed by atoms with van der Waals surface area (Å²) in [4.78, 5) is 33.0. The second kappa shape index (κ2) is 8.16. The van der Waals surface area contributed by atoms with Gasteiger partial charge < -0.3 is 10.2 Å². The molecule has 3 heterocycles. The normalized spacial score (nSPS) is 14.2. The maximum atomic E-state index is 13.3. The topological polar surface area (TPSA) is 101 Å². The van der Waals surface area contributed by atoms with Crippen molar-refractivity contribution in [3.8, 4) is 6.07 Å². The number of aryl methyl sites for hydroxylation is 1. The van der Waals surface area contributed by atoms with E-state index in [1.165, 1.54) is 9.13 Å². The van der Waals surface area contributed by atoms with Gasteiger partial charge in [-0.2, -0.15) is 10.2 Å². The first-order valence-corrected chi connectivity index (χ1v) is 10.2. The molecule has 9 nitrogen and oxygen atoms in total. The zero-order valence-electron chi connectivity index (χ0n) is 17.3. The van der Waals surface area contributed by atoms with Gasteiger partial charge in [-0.25, -0.2) is 4.79 Å². The third-order valence-electron chi connectivity index (χ3n) is 5.53. The summed E-state index contributed by atoms with van der Waals surface area (Å²) >= 11 is 0. The highest BCUT2D eigenvalue weighted by Gasteiger charge is 2.24. The molecule has 2 aromatic heterocycles.